The number of hydrogen-bond donors (Lipinski definition) is 1. The number of nitrogen functional groups attached to an aromatic ring is 1. The van der Waals surface area contributed by atoms with Gasteiger partial charge in [0, 0.05) is 21.7 Å². The molecule has 0 saturated heterocycles. The van der Waals surface area contributed by atoms with Gasteiger partial charge in [0.1, 0.15) is 0 Å². The molecule has 0 bridgehead atoms. The maximum Gasteiger partial charge on any atom is 0.195 e. The SMILES string of the molecule is Cc1sc(Br)cc1C(=O)c1ccc(N)cc1Cl. The second-order valence-corrected chi connectivity index (χ2v) is 6.63. The standard InChI is InChI=1S/C12H9BrClNOS/c1-6-9(5-11(13)17-6)12(16)8-3-2-7(15)4-10(8)14/h2-5H,15H2,1H3. The smallest absolute Gasteiger partial charge is 0.195 e. The van der Waals surface area contributed by atoms with E-state index in [-0.39, 0.29) is 5.78 Å². The van der Waals surface area contributed by atoms with Gasteiger partial charge >= 0.3 is 0 Å². The second kappa shape index (κ2) is 4.80. The van der Waals surface area contributed by atoms with Gasteiger partial charge in [0.25, 0.3) is 0 Å². The number of halogens is 2. The average molecular weight is 331 g/mol. The van der Waals surface area contributed by atoms with E-state index in [0.717, 1.165) is 8.66 Å². The highest BCUT2D eigenvalue weighted by molar-refractivity contribution is 9.11. The Labute approximate surface area is 117 Å². The summed E-state index contributed by atoms with van der Waals surface area (Å²) >= 11 is 10.9. The van der Waals surface area contributed by atoms with Gasteiger partial charge in [-0.05, 0) is 47.1 Å². The van der Waals surface area contributed by atoms with E-state index >= 15 is 0 Å². The lowest BCUT2D eigenvalue weighted by atomic mass is 10.0. The molecule has 88 valence electrons. The topological polar surface area (TPSA) is 43.1 Å². The summed E-state index contributed by atoms with van der Waals surface area (Å²) in [5.41, 5.74) is 7.31. The molecule has 2 nitrogen and oxygen atoms in total. The Morgan fingerprint density at radius 1 is 1.35 bits per heavy atom. The van der Waals surface area contributed by atoms with E-state index < -0.39 is 0 Å². The number of nitrogens with two attached hydrogens (primary N) is 1. The third-order valence-electron chi connectivity index (χ3n) is 2.37. The summed E-state index contributed by atoms with van der Waals surface area (Å²) in [4.78, 5) is 13.2. The molecule has 0 aliphatic rings. The van der Waals surface area contributed by atoms with Gasteiger partial charge in [0.05, 0.1) is 8.81 Å². The van der Waals surface area contributed by atoms with Gasteiger partial charge in [-0.2, -0.15) is 0 Å². The van der Waals surface area contributed by atoms with Crippen molar-refractivity contribution in [1.82, 2.24) is 0 Å². The lowest BCUT2D eigenvalue weighted by Crippen LogP contribution is -2.02. The molecule has 0 fully saturated rings. The van der Waals surface area contributed by atoms with Crippen LogP contribution in [-0.4, -0.2) is 5.78 Å². The van der Waals surface area contributed by atoms with E-state index in [1.165, 1.54) is 11.3 Å². The fourth-order valence-electron chi connectivity index (χ4n) is 1.53. The van der Waals surface area contributed by atoms with E-state index in [9.17, 15) is 4.79 Å². The largest absolute Gasteiger partial charge is 0.399 e. The Kier molecular flexibility index (Phi) is 3.56. The second-order valence-electron chi connectivity index (χ2n) is 3.59. The molecule has 0 aliphatic carbocycles. The molecular formula is C12H9BrClNOS. The lowest BCUT2D eigenvalue weighted by molar-refractivity contribution is 0.103. The molecule has 0 aliphatic heterocycles. The molecule has 0 amide bonds. The summed E-state index contributed by atoms with van der Waals surface area (Å²) in [6.07, 6.45) is 0. The normalized spacial score (nSPS) is 10.5. The molecule has 2 N–H and O–H groups in total. The summed E-state index contributed by atoms with van der Waals surface area (Å²) in [6, 6.07) is 6.74. The Balaban J connectivity index is 2.47. The first-order valence-electron chi connectivity index (χ1n) is 4.84. The van der Waals surface area contributed by atoms with Crippen molar-refractivity contribution in [2.45, 2.75) is 6.92 Å². The molecule has 17 heavy (non-hydrogen) atoms. The third kappa shape index (κ3) is 2.54. The molecule has 0 radical (unpaired) electrons. The van der Waals surface area contributed by atoms with Crippen LogP contribution in [0.2, 0.25) is 5.02 Å². The van der Waals surface area contributed by atoms with Gasteiger partial charge in [-0.1, -0.05) is 11.6 Å². The van der Waals surface area contributed by atoms with Gasteiger partial charge in [0.15, 0.2) is 5.78 Å². The maximum atomic E-state index is 12.3. The highest BCUT2D eigenvalue weighted by atomic mass is 79.9. The Hall–Kier alpha value is -0.840. The third-order valence-corrected chi connectivity index (χ3v) is 4.24. The molecule has 1 aromatic heterocycles. The van der Waals surface area contributed by atoms with Crippen molar-refractivity contribution >= 4 is 50.3 Å². The summed E-state index contributed by atoms with van der Waals surface area (Å²) in [7, 11) is 0. The van der Waals surface area contributed by atoms with E-state index in [0.29, 0.717) is 21.8 Å². The Bertz CT molecular complexity index is 594. The predicted octanol–water partition coefficient (Wildman–Crippen LogP) is 4.29. The molecule has 1 heterocycles. The fourth-order valence-corrected chi connectivity index (χ4v) is 3.49. The number of rotatable bonds is 2. The van der Waals surface area contributed by atoms with Gasteiger partial charge in [-0.3, -0.25) is 4.79 Å². The number of ketones is 1. The number of hydrogen-bond acceptors (Lipinski definition) is 3. The predicted molar refractivity (Wildman–Crippen MR) is 76.1 cm³/mol. The molecule has 5 heteroatoms. The van der Waals surface area contributed by atoms with E-state index in [2.05, 4.69) is 15.9 Å². The first-order chi connectivity index (χ1) is 7.99. The zero-order chi connectivity index (χ0) is 12.6. The average Bonchev–Trinajstić information content (AvgIpc) is 2.57. The maximum absolute atomic E-state index is 12.3. The molecule has 2 aromatic rings. The number of benzene rings is 1. The van der Waals surface area contributed by atoms with Gasteiger partial charge in [-0.15, -0.1) is 11.3 Å². The number of aryl methyl sites for hydroxylation is 1. The summed E-state index contributed by atoms with van der Waals surface area (Å²) < 4.78 is 0.935. The molecule has 2 rings (SSSR count). The van der Waals surface area contributed by atoms with Crippen molar-refractivity contribution in [3.05, 3.63) is 49.1 Å². The van der Waals surface area contributed by atoms with Gasteiger partial charge < -0.3 is 5.73 Å². The summed E-state index contributed by atoms with van der Waals surface area (Å²) in [5.74, 6) is -0.0746. The van der Waals surface area contributed by atoms with Crippen molar-refractivity contribution in [3.63, 3.8) is 0 Å². The highest BCUT2D eigenvalue weighted by Gasteiger charge is 2.17. The molecule has 0 spiro atoms. The molecule has 0 saturated carbocycles. The number of thiophene rings is 1. The summed E-state index contributed by atoms with van der Waals surface area (Å²) in [5, 5.41) is 0.386. The van der Waals surface area contributed by atoms with Crippen LogP contribution < -0.4 is 5.73 Å². The number of carbonyl (C=O) groups excluding carboxylic acids is 1. The molecule has 1 aromatic carbocycles. The van der Waals surface area contributed by atoms with Crippen LogP contribution in [-0.2, 0) is 0 Å². The first kappa shape index (κ1) is 12.6. The Morgan fingerprint density at radius 3 is 2.59 bits per heavy atom. The van der Waals surface area contributed by atoms with Crippen LogP contribution in [0.1, 0.15) is 20.8 Å². The van der Waals surface area contributed by atoms with Crippen LogP contribution in [0.5, 0.6) is 0 Å². The van der Waals surface area contributed by atoms with Crippen LogP contribution >= 0.6 is 38.9 Å². The first-order valence-corrected chi connectivity index (χ1v) is 6.83. The fraction of sp³-hybridized carbons (Fsp3) is 0.0833. The van der Waals surface area contributed by atoms with Crippen molar-refractivity contribution in [2.24, 2.45) is 0 Å². The Morgan fingerprint density at radius 2 is 2.06 bits per heavy atom. The highest BCUT2D eigenvalue weighted by Crippen LogP contribution is 2.30. The van der Waals surface area contributed by atoms with Crippen LogP contribution in [0.15, 0.2) is 28.1 Å². The van der Waals surface area contributed by atoms with Crippen molar-refractivity contribution in [3.8, 4) is 0 Å². The minimum absolute atomic E-state index is 0.0746. The molecule has 0 unspecified atom stereocenters. The number of carbonyl (C=O) groups is 1. The van der Waals surface area contributed by atoms with E-state index in [1.54, 1.807) is 18.2 Å². The van der Waals surface area contributed by atoms with Crippen molar-refractivity contribution in [1.29, 1.82) is 0 Å². The summed E-state index contributed by atoms with van der Waals surface area (Å²) in [6.45, 7) is 1.91. The quantitative estimate of drug-likeness (QED) is 0.659. The minimum Gasteiger partial charge on any atom is -0.399 e. The van der Waals surface area contributed by atoms with Crippen molar-refractivity contribution < 1.29 is 4.79 Å². The monoisotopic (exact) mass is 329 g/mol. The van der Waals surface area contributed by atoms with Crippen LogP contribution in [0.25, 0.3) is 0 Å². The van der Waals surface area contributed by atoms with E-state index in [1.807, 2.05) is 13.0 Å². The molecular weight excluding hydrogens is 322 g/mol. The molecule has 0 atom stereocenters. The van der Waals surface area contributed by atoms with Gasteiger partial charge in [-0.25, -0.2) is 0 Å². The van der Waals surface area contributed by atoms with Crippen LogP contribution in [0.3, 0.4) is 0 Å². The number of anilines is 1. The van der Waals surface area contributed by atoms with E-state index in [4.69, 9.17) is 17.3 Å². The van der Waals surface area contributed by atoms with Crippen LogP contribution in [0.4, 0.5) is 5.69 Å². The van der Waals surface area contributed by atoms with Crippen LogP contribution in [0, 0.1) is 6.92 Å². The minimum atomic E-state index is -0.0746. The lowest BCUT2D eigenvalue weighted by Gasteiger charge is -2.03. The zero-order valence-electron chi connectivity index (χ0n) is 8.96. The zero-order valence-corrected chi connectivity index (χ0v) is 12.1. The van der Waals surface area contributed by atoms with Gasteiger partial charge in [0.2, 0.25) is 0 Å². The van der Waals surface area contributed by atoms with Crippen molar-refractivity contribution in [2.75, 3.05) is 5.73 Å².